The molecular weight excluding hydrogens is 380 g/mol. The molecule has 3 heterocycles. The van der Waals surface area contributed by atoms with Gasteiger partial charge in [-0.05, 0) is 37.5 Å². The molecule has 1 amide bonds. The molecule has 0 N–H and O–H groups in total. The lowest BCUT2D eigenvalue weighted by Crippen LogP contribution is -2.34. The van der Waals surface area contributed by atoms with Crippen LogP contribution < -0.4 is 5.56 Å². The summed E-state index contributed by atoms with van der Waals surface area (Å²) in [5.41, 5.74) is 1.53. The van der Waals surface area contributed by atoms with Gasteiger partial charge in [0.05, 0.1) is 5.39 Å². The molecule has 30 heavy (non-hydrogen) atoms. The number of nitrogens with zero attached hydrogens (tertiary/aromatic N) is 4. The molecule has 0 saturated carbocycles. The van der Waals surface area contributed by atoms with Crippen molar-refractivity contribution in [1.29, 1.82) is 0 Å². The molecule has 0 fully saturated rings. The van der Waals surface area contributed by atoms with Crippen LogP contribution in [-0.4, -0.2) is 51.6 Å². The minimum atomic E-state index is -0.149. The summed E-state index contributed by atoms with van der Waals surface area (Å²) in [6.45, 7) is 6.85. The van der Waals surface area contributed by atoms with Crippen LogP contribution in [0.5, 0.6) is 0 Å². The second-order valence-corrected chi connectivity index (χ2v) is 7.61. The average Bonchev–Trinajstić information content (AvgIpc) is 3.12. The Kier molecular flexibility index (Phi) is 7.63. The standard InChI is InChI=1S/C23H32N4O3/c1-4-6-12-25(13-7-5-2)23(29)19-17-18-21(26(19)15-10-16-30-3)24-20-11-8-9-14-27(20)22(18)28/h8-9,11,14,17H,4-7,10,12-13,15-16H2,1-3H3. The molecule has 0 aliphatic rings. The predicted octanol–water partition coefficient (Wildman–Crippen LogP) is 3.73. The van der Waals surface area contributed by atoms with E-state index in [1.165, 1.54) is 4.40 Å². The molecule has 162 valence electrons. The quantitative estimate of drug-likeness (QED) is 0.450. The second-order valence-electron chi connectivity index (χ2n) is 7.61. The van der Waals surface area contributed by atoms with E-state index in [-0.39, 0.29) is 11.5 Å². The molecule has 0 unspecified atom stereocenters. The minimum Gasteiger partial charge on any atom is -0.385 e. The van der Waals surface area contributed by atoms with Crippen molar-refractivity contribution in [1.82, 2.24) is 18.9 Å². The number of unbranched alkanes of at least 4 members (excludes halogenated alkanes) is 2. The lowest BCUT2D eigenvalue weighted by atomic mass is 10.2. The van der Waals surface area contributed by atoms with Crippen LogP contribution in [0.15, 0.2) is 35.3 Å². The first kappa shape index (κ1) is 22.0. The van der Waals surface area contributed by atoms with Crippen LogP contribution in [0, 0.1) is 0 Å². The summed E-state index contributed by atoms with van der Waals surface area (Å²) < 4.78 is 8.63. The van der Waals surface area contributed by atoms with Crippen LogP contribution >= 0.6 is 0 Å². The van der Waals surface area contributed by atoms with Gasteiger partial charge in [0.1, 0.15) is 17.0 Å². The van der Waals surface area contributed by atoms with Gasteiger partial charge >= 0.3 is 0 Å². The Hall–Kier alpha value is -2.67. The molecular formula is C23H32N4O3. The van der Waals surface area contributed by atoms with Crippen molar-refractivity contribution in [2.75, 3.05) is 26.8 Å². The van der Waals surface area contributed by atoms with Crippen molar-refractivity contribution in [2.45, 2.75) is 52.5 Å². The number of hydrogen-bond donors (Lipinski definition) is 0. The molecule has 0 saturated heterocycles. The second kappa shape index (κ2) is 10.4. The van der Waals surface area contributed by atoms with Crippen molar-refractivity contribution in [3.8, 4) is 0 Å². The minimum absolute atomic E-state index is 0.0271. The number of ether oxygens (including phenoxy) is 1. The first-order valence-electron chi connectivity index (χ1n) is 10.9. The molecule has 0 spiro atoms. The number of amides is 1. The van der Waals surface area contributed by atoms with Crippen LogP contribution in [0.25, 0.3) is 16.7 Å². The summed E-state index contributed by atoms with van der Waals surface area (Å²) in [5.74, 6) is -0.0271. The first-order chi connectivity index (χ1) is 14.6. The maximum atomic E-state index is 13.5. The Bertz CT molecular complexity index is 1050. The lowest BCUT2D eigenvalue weighted by molar-refractivity contribution is 0.0739. The van der Waals surface area contributed by atoms with E-state index in [4.69, 9.17) is 9.72 Å². The van der Waals surface area contributed by atoms with Gasteiger partial charge < -0.3 is 14.2 Å². The number of carbonyl (C=O) groups is 1. The lowest BCUT2D eigenvalue weighted by Gasteiger charge is -2.23. The molecule has 0 bridgehead atoms. The topological polar surface area (TPSA) is 68.8 Å². The smallest absolute Gasteiger partial charge is 0.270 e. The number of aryl methyl sites for hydroxylation is 1. The number of hydrogen-bond acceptors (Lipinski definition) is 4. The maximum Gasteiger partial charge on any atom is 0.270 e. The fourth-order valence-electron chi connectivity index (χ4n) is 3.70. The maximum absolute atomic E-state index is 13.5. The van der Waals surface area contributed by atoms with Crippen LogP contribution in [0.1, 0.15) is 56.4 Å². The Labute approximate surface area is 177 Å². The summed E-state index contributed by atoms with van der Waals surface area (Å²) in [5, 5.41) is 0.477. The van der Waals surface area contributed by atoms with Gasteiger partial charge in [-0.3, -0.25) is 14.0 Å². The summed E-state index contributed by atoms with van der Waals surface area (Å²) in [4.78, 5) is 33.2. The SMILES string of the molecule is CCCCN(CCCC)C(=O)c1cc2c(=O)n3ccccc3nc2n1CCCOC. The van der Waals surface area contributed by atoms with E-state index < -0.39 is 0 Å². The van der Waals surface area contributed by atoms with Crippen molar-refractivity contribution in [3.63, 3.8) is 0 Å². The van der Waals surface area contributed by atoms with E-state index in [0.717, 1.165) is 45.2 Å². The molecule has 3 aromatic heterocycles. The van der Waals surface area contributed by atoms with E-state index in [2.05, 4.69) is 13.8 Å². The van der Waals surface area contributed by atoms with E-state index in [1.54, 1.807) is 25.4 Å². The van der Waals surface area contributed by atoms with Gasteiger partial charge in [-0.15, -0.1) is 0 Å². The number of carbonyl (C=O) groups excluding carboxylic acids is 1. The Morgan fingerprint density at radius 3 is 2.53 bits per heavy atom. The molecule has 3 aromatic rings. The first-order valence-corrected chi connectivity index (χ1v) is 10.9. The molecule has 0 aromatic carbocycles. The summed E-state index contributed by atoms with van der Waals surface area (Å²) in [6, 6.07) is 7.20. The highest BCUT2D eigenvalue weighted by molar-refractivity contribution is 5.98. The highest BCUT2D eigenvalue weighted by atomic mass is 16.5. The molecule has 0 radical (unpaired) electrons. The number of methoxy groups -OCH3 is 1. The highest BCUT2D eigenvalue weighted by Gasteiger charge is 2.23. The number of fused-ring (bicyclic) bond motifs is 2. The zero-order valence-corrected chi connectivity index (χ0v) is 18.3. The molecule has 7 heteroatoms. The van der Waals surface area contributed by atoms with Gasteiger partial charge in [0.25, 0.3) is 11.5 Å². The largest absolute Gasteiger partial charge is 0.385 e. The normalized spacial score (nSPS) is 11.4. The van der Waals surface area contributed by atoms with Gasteiger partial charge in [-0.2, -0.15) is 0 Å². The molecule has 7 nitrogen and oxygen atoms in total. The summed E-state index contributed by atoms with van der Waals surface area (Å²) in [7, 11) is 1.66. The average molecular weight is 413 g/mol. The third-order valence-corrected chi connectivity index (χ3v) is 5.38. The van der Waals surface area contributed by atoms with Crippen molar-refractivity contribution >= 4 is 22.6 Å². The van der Waals surface area contributed by atoms with E-state index in [1.807, 2.05) is 21.6 Å². The van der Waals surface area contributed by atoms with Crippen LogP contribution in [0.4, 0.5) is 0 Å². The van der Waals surface area contributed by atoms with Crippen molar-refractivity contribution < 1.29 is 9.53 Å². The molecule has 3 rings (SSSR count). The zero-order valence-electron chi connectivity index (χ0n) is 18.3. The fraction of sp³-hybridized carbons (Fsp3) is 0.522. The van der Waals surface area contributed by atoms with E-state index >= 15 is 0 Å². The monoisotopic (exact) mass is 412 g/mol. The van der Waals surface area contributed by atoms with Gasteiger partial charge in [-0.1, -0.05) is 32.8 Å². The zero-order chi connectivity index (χ0) is 21.5. The number of rotatable bonds is 11. The van der Waals surface area contributed by atoms with E-state index in [9.17, 15) is 9.59 Å². The number of pyridine rings is 1. The predicted molar refractivity (Wildman–Crippen MR) is 119 cm³/mol. The van der Waals surface area contributed by atoms with Gasteiger partial charge in [-0.25, -0.2) is 4.98 Å². The number of aromatic nitrogens is 3. The summed E-state index contributed by atoms with van der Waals surface area (Å²) >= 11 is 0. The highest BCUT2D eigenvalue weighted by Crippen LogP contribution is 2.19. The van der Waals surface area contributed by atoms with Gasteiger partial charge in [0, 0.05) is 39.5 Å². The third kappa shape index (κ3) is 4.56. The molecule has 0 aliphatic carbocycles. The van der Waals surface area contributed by atoms with Crippen LogP contribution in [0.2, 0.25) is 0 Å². The molecule has 0 aliphatic heterocycles. The van der Waals surface area contributed by atoms with Crippen molar-refractivity contribution in [2.24, 2.45) is 0 Å². The van der Waals surface area contributed by atoms with Crippen LogP contribution in [-0.2, 0) is 11.3 Å². The van der Waals surface area contributed by atoms with Gasteiger partial charge in [0.15, 0.2) is 0 Å². The van der Waals surface area contributed by atoms with E-state index in [0.29, 0.717) is 35.5 Å². The Morgan fingerprint density at radius 1 is 1.13 bits per heavy atom. The van der Waals surface area contributed by atoms with Crippen molar-refractivity contribution in [3.05, 3.63) is 46.5 Å². The third-order valence-electron chi connectivity index (χ3n) is 5.38. The fourth-order valence-corrected chi connectivity index (χ4v) is 3.70. The van der Waals surface area contributed by atoms with Crippen LogP contribution in [0.3, 0.4) is 0 Å². The summed E-state index contributed by atoms with van der Waals surface area (Å²) in [6.07, 6.45) is 6.43. The Balaban J connectivity index is 2.11. The molecule has 0 atom stereocenters. The van der Waals surface area contributed by atoms with Gasteiger partial charge in [0.2, 0.25) is 0 Å². The Morgan fingerprint density at radius 2 is 1.87 bits per heavy atom.